The van der Waals surface area contributed by atoms with Crippen LogP contribution in [0.2, 0.25) is 0 Å². The van der Waals surface area contributed by atoms with E-state index in [0.29, 0.717) is 35.4 Å². The molecule has 0 aliphatic heterocycles. The number of hydrogen-bond acceptors (Lipinski definition) is 8. The van der Waals surface area contributed by atoms with Gasteiger partial charge in [-0.15, -0.1) is 0 Å². The molecule has 1 aliphatic rings. The second-order valence-corrected chi connectivity index (χ2v) is 10.9. The summed E-state index contributed by atoms with van der Waals surface area (Å²) >= 11 is 0. The zero-order valence-electron chi connectivity index (χ0n) is 24.2. The summed E-state index contributed by atoms with van der Waals surface area (Å²) in [6, 6.07) is 7.34. The smallest absolute Gasteiger partial charge is 0.325 e. The third-order valence-corrected chi connectivity index (χ3v) is 7.69. The SMILES string of the molecule is COC(=O)CNC(=O)C[C@H](CC(C)C)NC(O)c1cc(-c2c(OC)cccc2OC)n(C2CCC(C)C2C)n1. The van der Waals surface area contributed by atoms with Crippen LogP contribution < -0.4 is 20.1 Å². The molecule has 0 spiro atoms. The molecule has 0 saturated heterocycles. The van der Waals surface area contributed by atoms with E-state index in [9.17, 15) is 14.7 Å². The van der Waals surface area contributed by atoms with Crippen molar-refractivity contribution in [2.75, 3.05) is 27.9 Å². The maximum Gasteiger partial charge on any atom is 0.325 e. The topological polar surface area (TPSA) is 124 Å². The van der Waals surface area contributed by atoms with Crippen molar-refractivity contribution in [2.45, 2.75) is 71.7 Å². The molecule has 0 bridgehead atoms. The van der Waals surface area contributed by atoms with Crippen LogP contribution in [0.15, 0.2) is 24.3 Å². The number of amides is 1. The van der Waals surface area contributed by atoms with Crippen LogP contribution in [-0.2, 0) is 14.3 Å². The molecule has 1 heterocycles. The van der Waals surface area contributed by atoms with Crippen LogP contribution in [0.3, 0.4) is 0 Å². The minimum absolute atomic E-state index is 0.0945. The van der Waals surface area contributed by atoms with E-state index in [-0.39, 0.29) is 36.9 Å². The molecular formula is C29H44N4O6. The van der Waals surface area contributed by atoms with Crippen molar-refractivity contribution in [1.29, 1.82) is 0 Å². The molecule has 10 nitrogen and oxygen atoms in total. The summed E-state index contributed by atoms with van der Waals surface area (Å²) in [5.74, 6) is 1.72. The highest BCUT2D eigenvalue weighted by Gasteiger charge is 2.35. The molecule has 3 rings (SSSR count). The number of carbonyl (C=O) groups excluding carboxylic acids is 2. The van der Waals surface area contributed by atoms with Gasteiger partial charge in [-0.2, -0.15) is 5.10 Å². The standard InChI is InChI=1S/C29H44N4O6/c1-17(2)13-20(14-26(34)30-16-27(35)39-7)31-29(36)21-15-23(28-24(37-5)9-8-10-25(28)38-6)33(32-21)22-12-11-18(3)19(22)4/h8-10,15,17-20,22,29,31,36H,11-14,16H2,1-7H3,(H,30,34)/t18?,19?,20-,22?,29?/m0/s1. The molecule has 3 N–H and O–H groups in total. The zero-order valence-corrected chi connectivity index (χ0v) is 24.2. The molecule has 4 unspecified atom stereocenters. The summed E-state index contributed by atoms with van der Waals surface area (Å²) < 4.78 is 18.0. The number of rotatable bonds is 13. The normalized spacial score (nSPS) is 20.5. The van der Waals surface area contributed by atoms with Gasteiger partial charge in [0.2, 0.25) is 5.91 Å². The fourth-order valence-corrected chi connectivity index (χ4v) is 5.40. The lowest BCUT2D eigenvalue weighted by atomic mass is 9.97. The summed E-state index contributed by atoms with van der Waals surface area (Å²) in [7, 11) is 4.52. The summed E-state index contributed by atoms with van der Waals surface area (Å²) in [6.45, 7) is 8.41. The lowest BCUT2D eigenvalue weighted by molar-refractivity contribution is -0.141. The van der Waals surface area contributed by atoms with Gasteiger partial charge in [0.05, 0.1) is 38.6 Å². The van der Waals surface area contributed by atoms with Crippen LogP contribution in [-0.4, -0.2) is 60.7 Å². The van der Waals surface area contributed by atoms with Crippen LogP contribution in [0.4, 0.5) is 0 Å². The summed E-state index contributed by atoms with van der Waals surface area (Å²) in [6.07, 6.45) is 1.71. The first-order chi connectivity index (χ1) is 18.6. The second-order valence-electron chi connectivity index (χ2n) is 10.9. The molecular weight excluding hydrogens is 500 g/mol. The number of nitrogens with one attached hydrogen (secondary N) is 2. The predicted molar refractivity (Wildman–Crippen MR) is 148 cm³/mol. The van der Waals surface area contributed by atoms with Crippen molar-refractivity contribution >= 4 is 11.9 Å². The minimum atomic E-state index is -1.11. The minimum Gasteiger partial charge on any atom is -0.496 e. The Morgan fingerprint density at radius 2 is 1.79 bits per heavy atom. The van der Waals surface area contributed by atoms with E-state index in [2.05, 4.69) is 43.1 Å². The summed E-state index contributed by atoms with van der Waals surface area (Å²) in [4.78, 5) is 23.9. The maximum atomic E-state index is 12.5. The van der Waals surface area contributed by atoms with Gasteiger partial charge >= 0.3 is 5.97 Å². The van der Waals surface area contributed by atoms with Gasteiger partial charge in [0.15, 0.2) is 0 Å². The van der Waals surface area contributed by atoms with E-state index < -0.39 is 12.2 Å². The first-order valence-electron chi connectivity index (χ1n) is 13.7. The van der Waals surface area contributed by atoms with E-state index in [1.165, 1.54) is 7.11 Å². The van der Waals surface area contributed by atoms with Crippen molar-refractivity contribution in [1.82, 2.24) is 20.4 Å². The second kappa shape index (κ2) is 13.8. The van der Waals surface area contributed by atoms with Gasteiger partial charge in [-0.3, -0.25) is 19.6 Å². The Morgan fingerprint density at radius 1 is 1.13 bits per heavy atom. The number of esters is 1. The molecule has 1 aliphatic carbocycles. The van der Waals surface area contributed by atoms with E-state index in [1.54, 1.807) is 14.2 Å². The predicted octanol–water partition coefficient (Wildman–Crippen LogP) is 3.85. The van der Waals surface area contributed by atoms with Crippen LogP contribution in [0.25, 0.3) is 11.3 Å². The number of aliphatic hydroxyl groups excluding tert-OH is 1. The fraction of sp³-hybridized carbons (Fsp3) is 0.621. The molecule has 1 aromatic heterocycles. The zero-order chi connectivity index (χ0) is 28.7. The average Bonchev–Trinajstić information content (AvgIpc) is 3.49. The lowest BCUT2D eigenvalue weighted by Crippen LogP contribution is -2.40. The molecule has 2 aromatic rings. The van der Waals surface area contributed by atoms with Crippen LogP contribution in [0.5, 0.6) is 11.5 Å². The highest BCUT2D eigenvalue weighted by molar-refractivity contribution is 5.82. The number of hydrogen-bond donors (Lipinski definition) is 3. The third kappa shape index (κ3) is 7.51. The first-order valence-corrected chi connectivity index (χ1v) is 13.7. The Morgan fingerprint density at radius 3 is 2.33 bits per heavy atom. The number of nitrogens with zero attached hydrogens (tertiary/aromatic N) is 2. The van der Waals surface area contributed by atoms with E-state index in [0.717, 1.165) is 24.1 Å². The van der Waals surface area contributed by atoms with Crippen LogP contribution in [0, 0.1) is 17.8 Å². The van der Waals surface area contributed by atoms with Gasteiger partial charge in [0.25, 0.3) is 0 Å². The Hall–Kier alpha value is -3.11. The van der Waals surface area contributed by atoms with Gasteiger partial charge < -0.3 is 24.6 Å². The van der Waals surface area contributed by atoms with Crippen LogP contribution >= 0.6 is 0 Å². The number of ether oxygens (including phenoxy) is 3. The van der Waals surface area contributed by atoms with E-state index in [1.807, 2.05) is 28.9 Å². The Kier molecular flexibility index (Phi) is 10.8. The largest absolute Gasteiger partial charge is 0.496 e. The van der Waals surface area contributed by atoms with Crippen molar-refractivity contribution in [3.8, 4) is 22.8 Å². The molecule has 0 radical (unpaired) electrons. The highest BCUT2D eigenvalue weighted by Crippen LogP contribution is 2.45. The molecule has 216 valence electrons. The first kappa shape index (κ1) is 30.4. The average molecular weight is 545 g/mol. The van der Waals surface area contributed by atoms with Crippen molar-refractivity contribution in [3.05, 3.63) is 30.0 Å². The summed E-state index contributed by atoms with van der Waals surface area (Å²) in [5.41, 5.74) is 2.04. The number of benzene rings is 1. The number of carbonyl (C=O) groups is 2. The number of aromatic nitrogens is 2. The van der Waals surface area contributed by atoms with Crippen molar-refractivity contribution in [3.63, 3.8) is 0 Å². The molecule has 1 saturated carbocycles. The lowest BCUT2D eigenvalue weighted by Gasteiger charge is -2.23. The Labute approximate surface area is 231 Å². The van der Waals surface area contributed by atoms with Gasteiger partial charge in [-0.25, -0.2) is 0 Å². The summed E-state index contributed by atoms with van der Waals surface area (Å²) in [5, 5.41) is 22.0. The van der Waals surface area contributed by atoms with Crippen molar-refractivity contribution in [2.24, 2.45) is 17.8 Å². The fourth-order valence-electron chi connectivity index (χ4n) is 5.40. The monoisotopic (exact) mass is 544 g/mol. The molecule has 1 aromatic carbocycles. The quantitative estimate of drug-likeness (QED) is 0.257. The van der Waals surface area contributed by atoms with Gasteiger partial charge in [0.1, 0.15) is 30.0 Å². The molecule has 10 heteroatoms. The molecule has 1 amide bonds. The molecule has 39 heavy (non-hydrogen) atoms. The highest BCUT2D eigenvalue weighted by atomic mass is 16.5. The third-order valence-electron chi connectivity index (χ3n) is 7.69. The number of methoxy groups -OCH3 is 3. The van der Waals surface area contributed by atoms with Gasteiger partial charge in [-0.05, 0) is 55.2 Å². The Bertz CT molecular complexity index is 1090. The maximum absolute atomic E-state index is 12.5. The van der Waals surface area contributed by atoms with Crippen LogP contribution in [0.1, 0.15) is 71.3 Å². The van der Waals surface area contributed by atoms with Crippen molar-refractivity contribution < 1.29 is 28.9 Å². The van der Waals surface area contributed by atoms with E-state index >= 15 is 0 Å². The molecule has 5 atom stereocenters. The van der Waals surface area contributed by atoms with Gasteiger partial charge in [-0.1, -0.05) is 33.8 Å². The van der Waals surface area contributed by atoms with E-state index in [4.69, 9.17) is 14.6 Å². The molecule has 1 fully saturated rings. The van der Waals surface area contributed by atoms with Gasteiger partial charge in [0, 0.05) is 12.5 Å². The Balaban J connectivity index is 1.94. The number of aliphatic hydroxyl groups is 1.